The maximum absolute atomic E-state index is 10.6. The van der Waals surface area contributed by atoms with Gasteiger partial charge < -0.3 is 29.2 Å². The van der Waals surface area contributed by atoms with Crippen molar-refractivity contribution in [1.29, 1.82) is 0 Å². The predicted molar refractivity (Wildman–Crippen MR) is 102 cm³/mol. The van der Waals surface area contributed by atoms with Gasteiger partial charge in [0, 0.05) is 21.2 Å². The second kappa shape index (κ2) is 8.65. The zero-order chi connectivity index (χ0) is 19.7. The molecule has 2 fully saturated rings. The number of aliphatic hydroxyl groups is 2. The van der Waals surface area contributed by atoms with Gasteiger partial charge in [0.25, 0.3) is 0 Å². The molecule has 0 aliphatic carbocycles. The second-order valence-corrected chi connectivity index (χ2v) is 7.60. The van der Waals surface area contributed by atoms with Crippen LogP contribution in [0.25, 0.3) is 0 Å². The number of hydrogen-bond donors (Lipinski definition) is 2. The fourth-order valence-electron chi connectivity index (χ4n) is 3.33. The van der Waals surface area contributed by atoms with Crippen molar-refractivity contribution >= 4 is 23.2 Å². The number of hydrogen-bond acceptors (Lipinski definition) is 6. The lowest BCUT2D eigenvalue weighted by molar-refractivity contribution is -0.310. The summed E-state index contributed by atoms with van der Waals surface area (Å²) in [4.78, 5) is 0. The summed E-state index contributed by atoms with van der Waals surface area (Å²) in [6.07, 6.45) is -4.47. The molecule has 0 bridgehead atoms. The maximum atomic E-state index is 10.6. The first-order valence-corrected chi connectivity index (χ1v) is 9.68. The highest BCUT2D eigenvalue weighted by atomic mass is 35.5. The third kappa shape index (κ3) is 4.20. The van der Waals surface area contributed by atoms with E-state index in [2.05, 4.69) is 0 Å². The number of rotatable bonds is 4. The summed E-state index contributed by atoms with van der Waals surface area (Å²) in [5, 5.41) is 21.5. The van der Waals surface area contributed by atoms with E-state index in [9.17, 15) is 10.2 Å². The quantitative estimate of drug-likeness (QED) is 0.781. The monoisotopic (exact) mass is 426 g/mol. The van der Waals surface area contributed by atoms with Gasteiger partial charge in [-0.25, -0.2) is 0 Å². The Morgan fingerprint density at radius 1 is 0.821 bits per heavy atom. The van der Waals surface area contributed by atoms with Crippen LogP contribution in [-0.2, 0) is 18.9 Å². The molecule has 0 saturated carbocycles. The highest BCUT2D eigenvalue weighted by Crippen LogP contribution is 2.37. The summed E-state index contributed by atoms with van der Waals surface area (Å²) in [7, 11) is 0. The molecule has 28 heavy (non-hydrogen) atoms. The van der Waals surface area contributed by atoms with Crippen molar-refractivity contribution in [2.45, 2.75) is 37.0 Å². The van der Waals surface area contributed by atoms with Gasteiger partial charge in [-0.05, 0) is 24.3 Å². The van der Waals surface area contributed by atoms with E-state index in [4.69, 9.17) is 42.1 Å². The Labute approximate surface area is 172 Å². The molecule has 2 aromatic rings. The first kappa shape index (κ1) is 20.1. The minimum atomic E-state index is -1.06. The van der Waals surface area contributed by atoms with Gasteiger partial charge in [-0.3, -0.25) is 0 Å². The first-order valence-electron chi connectivity index (χ1n) is 8.93. The highest BCUT2D eigenvalue weighted by molar-refractivity contribution is 6.30. The lowest BCUT2D eigenvalue weighted by Crippen LogP contribution is -2.54. The van der Waals surface area contributed by atoms with E-state index in [0.29, 0.717) is 10.0 Å². The third-order valence-corrected chi connectivity index (χ3v) is 5.34. The van der Waals surface area contributed by atoms with E-state index in [1.807, 2.05) is 12.1 Å². The Hall–Kier alpha value is -1.22. The molecule has 2 aliphatic heterocycles. The number of aliphatic hydroxyl groups excluding tert-OH is 2. The zero-order valence-electron chi connectivity index (χ0n) is 14.8. The van der Waals surface area contributed by atoms with Gasteiger partial charge in [0.05, 0.1) is 13.2 Å². The van der Waals surface area contributed by atoms with Crippen LogP contribution >= 0.6 is 23.2 Å². The molecule has 2 aromatic carbocycles. The van der Waals surface area contributed by atoms with Crippen molar-refractivity contribution in [2.75, 3.05) is 13.2 Å². The topological polar surface area (TPSA) is 77.4 Å². The Balaban J connectivity index is 1.50. The summed E-state index contributed by atoms with van der Waals surface area (Å²) in [6, 6.07) is 14.2. The van der Waals surface area contributed by atoms with E-state index in [1.165, 1.54) is 0 Å². The summed E-state index contributed by atoms with van der Waals surface area (Å²) in [6.45, 7) is -0.111. The van der Waals surface area contributed by atoms with E-state index in [0.717, 1.165) is 11.1 Å². The van der Waals surface area contributed by atoms with Crippen molar-refractivity contribution in [3.05, 3.63) is 69.7 Å². The summed E-state index contributed by atoms with van der Waals surface area (Å²) in [5.74, 6) is 0. The van der Waals surface area contributed by atoms with E-state index >= 15 is 0 Å². The molecule has 150 valence electrons. The van der Waals surface area contributed by atoms with Crippen LogP contribution in [0.4, 0.5) is 0 Å². The standard InChI is InChI=1S/C20H20Cl2O6/c21-13-5-1-11(2-6-13)19-25-10-16(27-19)18-17(24)15(9-23)26-20(28-18)12-3-7-14(22)8-4-12/h1-8,15-20,23-24H,9-10H2/t15-,16+,17-,18-,19?,20?/m1/s1. The fourth-order valence-corrected chi connectivity index (χ4v) is 3.58. The van der Waals surface area contributed by atoms with Crippen molar-refractivity contribution in [2.24, 2.45) is 0 Å². The molecule has 0 radical (unpaired) electrons. The van der Waals surface area contributed by atoms with Gasteiger partial charge in [-0.1, -0.05) is 47.5 Å². The van der Waals surface area contributed by atoms with Crippen LogP contribution in [0, 0.1) is 0 Å². The lowest BCUT2D eigenvalue weighted by atomic mass is 10.0. The molecule has 2 heterocycles. The molecule has 0 spiro atoms. The largest absolute Gasteiger partial charge is 0.394 e. The highest BCUT2D eigenvalue weighted by Gasteiger charge is 2.46. The Bertz CT molecular complexity index is 784. The average molecular weight is 427 g/mol. The smallest absolute Gasteiger partial charge is 0.184 e. The van der Waals surface area contributed by atoms with Crippen LogP contribution in [0.1, 0.15) is 23.7 Å². The van der Waals surface area contributed by atoms with Crippen LogP contribution in [0.3, 0.4) is 0 Å². The van der Waals surface area contributed by atoms with Crippen LogP contribution < -0.4 is 0 Å². The van der Waals surface area contributed by atoms with E-state index in [1.54, 1.807) is 36.4 Å². The summed E-state index contributed by atoms with van der Waals surface area (Å²) < 4.78 is 23.4. The first-order chi connectivity index (χ1) is 13.5. The molecule has 0 aromatic heterocycles. The van der Waals surface area contributed by atoms with Gasteiger partial charge in [-0.15, -0.1) is 0 Å². The van der Waals surface area contributed by atoms with Gasteiger partial charge >= 0.3 is 0 Å². The molecule has 8 heteroatoms. The summed E-state index contributed by atoms with van der Waals surface area (Å²) >= 11 is 11.9. The third-order valence-electron chi connectivity index (χ3n) is 4.84. The fraction of sp³-hybridized carbons (Fsp3) is 0.400. The van der Waals surface area contributed by atoms with Gasteiger partial charge in [0.15, 0.2) is 12.6 Å². The number of benzene rings is 2. The molecular weight excluding hydrogens is 407 g/mol. The zero-order valence-corrected chi connectivity index (χ0v) is 16.3. The van der Waals surface area contributed by atoms with E-state index in [-0.39, 0.29) is 13.2 Å². The van der Waals surface area contributed by atoms with Crippen LogP contribution in [0.15, 0.2) is 48.5 Å². The Kier molecular flexibility index (Phi) is 6.20. The van der Waals surface area contributed by atoms with Gasteiger partial charge in [0.1, 0.15) is 24.4 Å². The molecule has 0 amide bonds. The van der Waals surface area contributed by atoms with Crippen molar-refractivity contribution < 1.29 is 29.2 Å². The van der Waals surface area contributed by atoms with Crippen LogP contribution in [0.2, 0.25) is 10.0 Å². The lowest BCUT2D eigenvalue weighted by Gasteiger charge is -2.40. The average Bonchev–Trinajstić information content (AvgIpc) is 3.19. The molecular formula is C20H20Cl2O6. The predicted octanol–water partition coefficient (Wildman–Crippen LogP) is 3.24. The van der Waals surface area contributed by atoms with Crippen molar-refractivity contribution in [3.8, 4) is 0 Å². The molecule has 2 aliphatic rings. The van der Waals surface area contributed by atoms with Crippen molar-refractivity contribution in [1.82, 2.24) is 0 Å². The maximum Gasteiger partial charge on any atom is 0.184 e. The van der Waals surface area contributed by atoms with Crippen LogP contribution in [0.5, 0.6) is 0 Å². The normalized spacial score (nSPS) is 33.1. The van der Waals surface area contributed by atoms with E-state index < -0.39 is 37.0 Å². The Morgan fingerprint density at radius 2 is 1.39 bits per heavy atom. The molecule has 2 N–H and O–H groups in total. The SMILES string of the molecule is OC[C@H]1OC(c2ccc(Cl)cc2)O[C@H]([C@@H]2COC(c3ccc(Cl)cc3)O2)[C@@H]1O. The van der Waals surface area contributed by atoms with Crippen molar-refractivity contribution in [3.63, 3.8) is 0 Å². The molecule has 4 rings (SSSR count). The van der Waals surface area contributed by atoms with Gasteiger partial charge in [-0.2, -0.15) is 0 Å². The number of ether oxygens (including phenoxy) is 4. The van der Waals surface area contributed by atoms with Crippen LogP contribution in [-0.4, -0.2) is 47.8 Å². The number of halogens is 2. The summed E-state index contributed by atoms with van der Waals surface area (Å²) in [5.41, 5.74) is 1.55. The minimum Gasteiger partial charge on any atom is -0.394 e. The molecule has 6 nitrogen and oxygen atoms in total. The second-order valence-electron chi connectivity index (χ2n) is 6.72. The minimum absolute atomic E-state index is 0.237. The molecule has 2 saturated heterocycles. The molecule has 2 unspecified atom stereocenters. The van der Waals surface area contributed by atoms with Gasteiger partial charge in [0.2, 0.25) is 0 Å². The Morgan fingerprint density at radius 3 is 1.96 bits per heavy atom. The molecule has 6 atom stereocenters.